The topological polar surface area (TPSA) is 104 Å². The highest BCUT2D eigenvalue weighted by atomic mass is 32.2. The monoisotopic (exact) mass is 314 g/mol. The van der Waals surface area contributed by atoms with Crippen LogP contribution in [0, 0.1) is 6.92 Å². The van der Waals surface area contributed by atoms with Crippen LogP contribution in [-0.2, 0) is 14.8 Å². The molecule has 0 saturated carbocycles. The average Bonchev–Trinajstić information content (AvgIpc) is 2.36. The van der Waals surface area contributed by atoms with Crippen LogP contribution in [0.4, 0.5) is 5.69 Å². The number of aliphatic carboxylic acids is 1. The molecule has 0 bridgehead atoms. The first-order valence-electron chi connectivity index (χ1n) is 6.11. The van der Waals surface area contributed by atoms with Crippen molar-refractivity contribution < 1.29 is 23.1 Å². The van der Waals surface area contributed by atoms with Gasteiger partial charge in [-0.05, 0) is 26.0 Å². The van der Waals surface area contributed by atoms with Gasteiger partial charge in [0.25, 0.3) is 5.91 Å². The number of nitrogens with zero attached hydrogens (tertiary/aromatic N) is 1. The molecule has 1 aromatic rings. The van der Waals surface area contributed by atoms with Gasteiger partial charge in [-0.3, -0.25) is 9.52 Å². The summed E-state index contributed by atoms with van der Waals surface area (Å²) in [7, 11) is -2.19. The van der Waals surface area contributed by atoms with Crippen LogP contribution in [0.2, 0.25) is 0 Å². The molecule has 0 spiro atoms. The number of rotatable bonds is 5. The molecule has 0 fully saturated rings. The fourth-order valence-corrected chi connectivity index (χ4v) is 2.23. The molecule has 1 unspecified atom stereocenters. The molecule has 1 atom stereocenters. The molecule has 2 N–H and O–H groups in total. The molecule has 1 rings (SSSR count). The number of hydrogen-bond donors (Lipinski definition) is 2. The summed E-state index contributed by atoms with van der Waals surface area (Å²) in [6, 6.07) is 3.62. The minimum absolute atomic E-state index is 0.107. The maximum Gasteiger partial charge on any atom is 0.326 e. The fourth-order valence-electron chi connectivity index (χ4n) is 1.66. The number of amides is 1. The van der Waals surface area contributed by atoms with E-state index < -0.39 is 27.9 Å². The third-order valence-corrected chi connectivity index (χ3v) is 3.55. The zero-order valence-electron chi connectivity index (χ0n) is 12.2. The Morgan fingerprint density at radius 2 is 1.90 bits per heavy atom. The Bertz CT molecular complexity index is 669. The maximum atomic E-state index is 12.4. The number of benzene rings is 1. The van der Waals surface area contributed by atoms with Crippen molar-refractivity contribution in [3.8, 4) is 0 Å². The van der Waals surface area contributed by atoms with E-state index in [4.69, 9.17) is 5.11 Å². The first kappa shape index (κ1) is 17.0. The van der Waals surface area contributed by atoms with E-state index in [1.807, 2.05) is 0 Å². The van der Waals surface area contributed by atoms with E-state index in [2.05, 4.69) is 4.72 Å². The van der Waals surface area contributed by atoms with Crippen molar-refractivity contribution in [2.75, 3.05) is 18.0 Å². The van der Waals surface area contributed by atoms with Crippen LogP contribution in [0.1, 0.15) is 22.8 Å². The number of likely N-dealkylation sites (N-methyl/N-ethyl adjacent to an activating group) is 1. The lowest BCUT2D eigenvalue weighted by Crippen LogP contribution is -2.40. The molecule has 0 saturated heterocycles. The Kier molecular flexibility index (Phi) is 4.95. The Morgan fingerprint density at radius 1 is 1.33 bits per heavy atom. The smallest absolute Gasteiger partial charge is 0.326 e. The Labute approximate surface area is 123 Å². The van der Waals surface area contributed by atoms with E-state index in [0.717, 1.165) is 16.7 Å². The lowest BCUT2D eigenvalue weighted by atomic mass is 10.1. The number of carboxylic acids is 1. The second kappa shape index (κ2) is 6.13. The Morgan fingerprint density at radius 3 is 2.38 bits per heavy atom. The normalized spacial score (nSPS) is 12.6. The first-order valence-corrected chi connectivity index (χ1v) is 8.00. The van der Waals surface area contributed by atoms with Crippen molar-refractivity contribution in [1.82, 2.24) is 4.90 Å². The number of aryl methyl sites for hydroxylation is 1. The van der Waals surface area contributed by atoms with Gasteiger partial charge in [-0.1, -0.05) is 11.6 Å². The van der Waals surface area contributed by atoms with Gasteiger partial charge >= 0.3 is 5.97 Å². The number of hydrogen-bond acceptors (Lipinski definition) is 4. The summed E-state index contributed by atoms with van der Waals surface area (Å²) in [5.74, 6) is -1.71. The van der Waals surface area contributed by atoms with Crippen LogP contribution < -0.4 is 4.72 Å². The zero-order chi connectivity index (χ0) is 16.4. The molecule has 0 aliphatic carbocycles. The summed E-state index contributed by atoms with van der Waals surface area (Å²) in [6.45, 7) is 3.13. The SMILES string of the molecule is Cc1ccc(NS(C)(=O)=O)c(C(=O)N(C)C(C)C(=O)O)c1. The van der Waals surface area contributed by atoms with Gasteiger partial charge < -0.3 is 10.0 Å². The van der Waals surface area contributed by atoms with E-state index in [1.165, 1.54) is 26.1 Å². The summed E-state index contributed by atoms with van der Waals surface area (Å²) in [6.07, 6.45) is 0.977. The largest absolute Gasteiger partial charge is 0.480 e. The number of carbonyl (C=O) groups is 2. The molecule has 1 amide bonds. The third kappa shape index (κ3) is 4.45. The molecule has 0 radical (unpaired) electrons. The molecular formula is C13H18N2O5S. The second-order valence-electron chi connectivity index (χ2n) is 4.85. The maximum absolute atomic E-state index is 12.4. The number of anilines is 1. The van der Waals surface area contributed by atoms with E-state index in [9.17, 15) is 18.0 Å². The van der Waals surface area contributed by atoms with Crippen LogP contribution >= 0.6 is 0 Å². The summed E-state index contributed by atoms with van der Waals surface area (Å²) in [4.78, 5) is 24.4. The molecule has 0 heterocycles. The van der Waals surface area contributed by atoms with Gasteiger partial charge in [0, 0.05) is 7.05 Å². The van der Waals surface area contributed by atoms with Crippen LogP contribution in [0.25, 0.3) is 0 Å². The molecule has 1 aromatic carbocycles. The molecule has 0 aliphatic heterocycles. The summed E-state index contributed by atoms with van der Waals surface area (Å²) < 4.78 is 24.9. The van der Waals surface area contributed by atoms with Crippen molar-refractivity contribution in [3.05, 3.63) is 29.3 Å². The van der Waals surface area contributed by atoms with Gasteiger partial charge in [-0.15, -0.1) is 0 Å². The third-order valence-electron chi connectivity index (χ3n) is 2.96. The van der Waals surface area contributed by atoms with E-state index >= 15 is 0 Å². The standard InChI is InChI=1S/C13H18N2O5S/c1-8-5-6-11(14-21(4,19)20)10(7-8)12(16)15(3)9(2)13(17)18/h5-7,9,14H,1-4H3,(H,17,18). The van der Waals surface area contributed by atoms with Crippen molar-refractivity contribution in [2.45, 2.75) is 19.9 Å². The van der Waals surface area contributed by atoms with Gasteiger partial charge in [0.1, 0.15) is 6.04 Å². The highest BCUT2D eigenvalue weighted by Crippen LogP contribution is 2.21. The number of carbonyl (C=O) groups excluding carboxylic acids is 1. The second-order valence-corrected chi connectivity index (χ2v) is 6.60. The Hall–Kier alpha value is -2.09. The van der Waals surface area contributed by atoms with E-state index in [-0.39, 0.29) is 11.3 Å². The zero-order valence-corrected chi connectivity index (χ0v) is 13.1. The minimum Gasteiger partial charge on any atom is -0.480 e. The van der Waals surface area contributed by atoms with Gasteiger partial charge in [0.15, 0.2) is 0 Å². The molecule has 0 aromatic heterocycles. The Balaban J connectivity index is 3.25. The predicted molar refractivity (Wildman–Crippen MR) is 78.8 cm³/mol. The van der Waals surface area contributed by atoms with Crippen LogP contribution in [-0.4, -0.2) is 49.6 Å². The lowest BCUT2D eigenvalue weighted by Gasteiger charge is -2.23. The van der Waals surface area contributed by atoms with Gasteiger partial charge in [-0.2, -0.15) is 0 Å². The fraction of sp³-hybridized carbons (Fsp3) is 0.385. The van der Waals surface area contributed by atoms with Crippen molar-refractivity contribution in [1.29, 1.82) is 0 Å². The van der Waals surface area contributed by atoms with Gasteiger partial charge in [-0.25, -0.2) is 13.2 Å². The van der Waals surface area contributed by atoms with Crippen LogP contribution in [0.5, 0.6) is 0 Å². The molecule has 8 heteroatoms. The predicted octanol–water partition coefficient (Wildman–Crippen LogP) is 0.912. The highest BCUT2D eigenvalue weighted by Gasteiger charge is 2.25. The van der Waals surface area contributed by atoms with E-state index in [1.54, 1.807) is 13.0 Å². The van der Waals surface area contributed by atoms with Crippen molar-refractivity contribution >= 4 is 27.6 Å². The summed E-state index contributed by atoms with van der Waals surface area (Å²) >= 11 is 0. The van der Waals surface area contributed by atoms with E-state index in [0.29, 0.717) is 0 Å². The first-order chi connectivity index (χ1) is 9.53. The molecule has 0 aliphatic rings. The minimum atomic E-state index is -3.55. The number of sulfonamides is 1. The molecule has 116 valence electrons. The molecular weight excluding hydrogens is 296 g/mol. The molecule has 7 nitrogen and oxygen atoms in total. The quantitative estimate of drug-likeness (QED) is 0.841. The molecule has 21 heavy (non-hydrogen) atoms. The highest BCUT2D eigenvalue weighted by molar-refractivity contribution is 7.92. The number of carboxylic acid groups (broad SMARTS) is 1. The lowest BCUT2D eigenvalue weighted by molar-refractivity contribution is -0.141. The van der Waals surface area contributed by atoms with Crippen molar-refractivity contribution in [3.63, 3.8) is 0 Å². The average molecular weight is 314 g/mol. The summed E-state index contributed by atoms with van der Waals surface area (Å²) in [5.41, 5.74) is 0.988. The van der Waals surface area contributed by atoms with Gasteiger partial charge in [0.05, 0.1) is 17.5 Å². The van der Waals surface area contributed by atoms with Crippen molar-refractivity contribution in [2.24, 2.45) is 0 Å². The van der Waals surface area contributed by atoms with Crippen LogP contribution in [0.15, 0.2) is 18.2 Å². The van der Waals surface area contributed by atoms with Gasteiger partial charge in [0.2, 0.25) is 10.0 Å². The van der Waals surface area contributed by atoms with Crippen LogP contribution in [0.3, 0.4) is 0 Å². The number of nitrogens with one attached hydrogen (secondary N) is 1. The summed E-state index contributed by atoms with van der Waals surface area (Å²) in [5, 5.41) is 8.95.